The van der Waals surface area contributed by atoms with Gasteiger partial charge in [0.25, 0.3) is 10.0 Å². The smallest absolute Gasteiger partial charge is 0.264 e. The van der Waals surface area contributed by atoms with Crippen molar-refractivity contribution in [2.45, 2.75) is 21.9 Å². The second-order valence-corrected chi connectivity index (χ2v) is 12.1. The fraction of sp³-hybridized carbons (Fsp3) is 0.192. The maximum Gasteiger partial charge on any atom is 0.264 e. The fourth-order valence-electron chi connectivity index (χ4n) is 3.46. The Morgan fingerprint density at radius 3 is 2.37 bits per heavy atom. The summed E-state index contributed by atoms with van der Waals surface area (Å²) in [7, 11) is -1.16. The van der Waals surface area contributed by atoms with Crippen molar-refractivity contribution in [3.05, 3.63) is 83.9 Å². The van der Waals surface area contributed by atoms with Crippen LogP contribution in [0.25, 0.3) is 0 Å². The second kappa shape index (κ2) is 12.3. The lowest BCUT2D eigenvalue weighted by Gasteiger charge is -2.24. The van der Waals surface area contributed by atoms with Gasteiger partial charge in [-0.25, -0.2) is 8.42 Å². The van der Waals surface area contributed by atoms with Crippen LogP contribution in [0.5, 0.6) is 11.5 Å². The molecule has 4 aromatic rings. The first-order valence-electron chi connectivity index (χ1n) is 11.4. The van der Waals surface area contributed by atoms with E-state index in [0.717, 1.165) is 15.4 Å². The number of aromatic nitrogens is 2. The highest BCUT2D eigenvalue weighted by molar-refractivity contribution is 8.00. The van der Waals surface area contributed by atoms with Gasteiger partial charge in [-0.1, -0.05) is 71.1 Å². The van der Waals surface area contributed by atoms with Crippen LogP contribution in [0.2, 0.25) is 0 Å². The van der Waals surface area contributed by atoms with E-state index < -0.39 is 22.5 Å². The molecule has 0 saturated heterocycles. The molecule has 9 nitrogen and oxygen atoms in total. The van der Waals surface area contributed by atoms with E-state index in [-0.39, 0.29) is 15.7 Å². The van der Waals surface area contributed by atoms with Gasteiger partial charge >= 0.3 is 0 Å². The van der Waals surface area contributed by atoms with Crippen molar-refractivity contribution < 1.29 is 22.7 Å². The van der Waals surface area contributed by atoms with Gasteiger partial charge in [0.2, 0.25) is 11.0 Å². The summed E-state index contributed by atoms with van der Waals surface area (Å²) in [4.78, 5) is 13.1. The van der Waals surface area contributed by atoms with E-state index in [9.17, 15) is 13.2 Å². The molecule has 0 spiro atoms. The van der Waals surface area contributed by atoms with Crippen LogP contribution in [0, 0.1) is 6.92 Å². The Balaban J connectivity index is 1.55. The molecule has 0 atom stereocenters. The summed E-state index contributed by atoms with van der Waals surface area (Å²) < 4.78 is 39.7. The number of methoxy groups -OCH3 is 2. The SMILES string of the molecule is COc1ccc(N(CC(=O)Nc2nnc(SCc3ccccc3)s2)S(=O)(=O)c2ccc(C)cc2)cc1OC. The number of ether oxygens (including phenoxy) is 2. The maximum atomic E-state index is 13.7. The zero-order chi connectivity index (χ0) is 27.1. The van der Waals surface area contributed by atoms with E-state index in [1.54, 1.807) is 24.3 Å². The highest BCUT2D eigenvalue weighted by atomic mass is 32.2. The Morgan fingerprint density at radius 1 is 0.974 bits per heavy atom. The van der Waals surface area contributed by atoms with Gasteiger partial charge in [-0.2, -0.15) is 0 Å². The minimum absolute atomic E-state index is 0.0567. The summed E-state index contributed by atoms with van der Waals surface area (Å²) in [5.74, 6) is 0.915. The lowest BCUT2D eigenvalue weighted by atomic mass is 10.2. The minimum Gasteiger partial charge on any atom is -0.493 e. The third kappa shape index (κ3) is 6.63. The number of aryl methyl sites for hydroxylation is 1. The number of hydrogen-bond donors (Lipinski definition) is 1. The topological polar surface area (TPSA) is 111 Å². The monoisotopic (exact) mass is 570 g/mol. The molecule has 0 radical (unpaired) electrons. The Bertz CT molecular complexity index is 1490. The van der Waals surface area contributed by atoms with Crippen LogP contribution in [-0.2, 0) is 20.6 Å². The zero-order valence-electron chi connectivity index (χ0n) is 21.0. The molecule has 0 aliphatic rings. The third-order valence-electron chi connectivity index (χ3n) is 5.41. The zero-order valence-corrected chi connectivity index (χ0v) is 23.4. The first-order chi connectivity index (χ1) is 18.3. The highest BCUT2D eigenvalue weighted by Crippen LogP contribution is 2.34. The lowest BCUT2D eigenvalue weighted by Crippen LogP contribution is -2.38. The number of carbonyl (C=O) groups excluding carboxylic acids is 1. The molecule has 1 aromatic heterocycles. The highest BCUT2D eigenvalue weighted by Gasteiger charge is 2.28. The summed E-state index contributed by atoms with van der Waals surface area (Å²) in [6.45, 7) is 1.38. The summed E-state index contributed by atoms with van der Waals surface area (Å²) in [5, 5.41) is 11.1. The number of hydrogen-bond acceptors (Lipinski definition) is 9. The van der Waals surface area contributed by atoms with Gasteiger partial charge in [-0.05, 0) is 36.8 Å². The molecule has 3 aromatic carbocycles. The molecule has 0 aliphatic carbocycles. The van der Waals surface area contributed by atoms with Gasteiger partial charge in [0.05, 0.1) is 24.8 Å². The van der Waals surface area contributed by atoms with Crippen molar-refractivity contribution in [3.63, 3.8) is 0 Å². The molecule has 1 N–H and O–H groups in total. The van der Waals surface area contributed by atoms with E-state index in [0.29, 0.717) is 21.6 Å². The normalized spacial score (nSPS) is 11.1. The Kier molecular flexibility index (Phi) is 8.87. The quantitative estimate of drug-likeness (QED) is 0.198. The molecule has 1 amide bonds. The van der Waals surface area contributed by atoms with Gasteiger partial charge in [0, 0.05) is 11.8 Å². The molecular formula is C26H26N4O5S3. The van der Waals surface area contributed by atoms with E-state index in [1.165, 1.54) is 55.5 Å². The number of thioether (sulfide) groups is 1. The number of nitrogens with one attached hydrogen (secondary N) is 1. The number of nitrogens with zero attached hydrogens (tertiary/aromatic N) is 3. The minimum atomic E-state index is -4.10. The molecule has 0 bridgehead atoms. The van der Waals surface area contributed by atoms with Gasteiger partial charge in [0.15, 0.2) is 15.8 Å². The van der Waals surface area contributed by atoms with Crippen LogP contribution in [0.15, 0.2) is 82.0 Å². The van der Waals surface area contributed by atoms with Gasteiger partial charge in [0.1, 0.15) is 6.54 Å². The molecule has 198 valence electrons. The van der Waals surface area contributed by atoms with Crippen molar-refractivity contribution in [1.82, 2.24) is 10.2 Å². The summed E-state index contributed by atoms with van der Waals surface area (Å²) in [6.07, 6.45) is 0. The van der Waals surface area contributed by atoms with Crippen molar-refractivity contribution in [2.24, 2.45) is 0 Å². The van der Waals surface area contributed by atoms with Crippen LogP contribution in [-0.4, -0.2) is 45.3 Å². The number of amides is 1. The molecule has 0 unspecified atom stereocenters. The molecule has 12 heteroatoms. The largest absolute Gasteiger partial charge is 0.493 e. The van der Waals surface area contributed by atoms with Gasteiger partial charge in [-0.15, -0.1) is 10.2 Å². The van der Waals surface area contributed by atoms with Crippen LogP contribution < -0.4 is 19.1 Å². The molecule has 38 heavy (non-hydrogen) atoms. The number of benzene rings is 3. The molecule has 0 fully saturated rings. The van der Waals surface area contributed by atoms with Crippen molar-refractivity contribution >= 4 is 49.8 Å². The molecule has 4 rings (SSSR count). The van der Waals surface area contributed by atoms with Crippen LogP contribution in [0.3, 0.4) is 0 Å². The standard InChI is InChI=1S/C26H26N4O5S3/c1-18-9-12-21(13-10-18)38(32,33)30(20-11-14-22(34-2)23(15-20)35-3)16-24(31)27-25-28-29-26(37-25)36-17-19-7-5-4-6-8-19/h4-15H,16-17H2,1-3H3,(H,27,28,31). The van der Waals surface area contributed by atoms with E-state index in [4.69, 9.17) is 9.47 Å². The van der Waals surface area contributed by atoms with Crippen molar-refractivity contribution in [1.29, 1.82) is 0 Å². The first-order valence-corrected chi connectivity index (χ1v) is 14.7. The second-order valence-electron chi connectivity index (χ2n) is 8.06. The van der Waals surface area contributed by atoms with Crippen molar-refractivity contribution in [3.8, 4) is 11.5 Å². The average molecular weight is 571 g/mol. The van der Waals surface area contributed by atoms with Gasteiger partial charge in [-0.3, -0.25) is 14.4 Å². The molecule has 0 saturated carbocycles. The van der Waals surface area contributed by atoms with E-state index in [2.05, 4.69) is 15.5 Å². The maximum absolute atomic E-state index is 13.7. The number of carbonyl (C=O) groups is 1. The van der Waals surface area contributed by atoms with Gasteiger partial charge < -0.3 is 9.47 Å². The number of rotatable bonds is 11. The third-order valence-corrected chi connectivity index (χ3v) is 9.24. The Labute approximate surface area is 229 Å². The summed E-state index contributed by atoms with van der Waals surface area (Å²) in [6, 6.07) is 21.0. The molecule has 0 aliphatic heterocycles. The molecular weight excluding hydrogens is 545 g/mol. The molecule has 1 heterocycles. The van der Waals surface area contributed by atoms with E-state index >= 15 is 0 Å². The van der Waals surface area contributed by atoms with Crippen LogP contribution in [0.4, 0.5) is 10.8 Å². The van der Waals surface area contributed by atoms with Crippen molar-refractivity contribution in [2.75, 3.05) is 30.4 Å². The predicted molar refractivity (Wildman–Crippen MR) is 150 cm³/mol. The fourth-order valence-corrected chi connectivity index (χ4v) is 6.60. The number of anilines is 2. The summed E-state index contributed by atoms with van der Waals surface area (Å²) >= 11 is 2.73. The Morgan fingerprint density at radius 2 is 1.68 bits per heavy atom. The van der Waals surface area contributed by atoms with E-state index in [1.807, 2.05) is 37.3 Å². The van der Waals surface area contributed by atoms with Crippen LogP contribution >= 0.6 is 23.1 Å². The summed E-state index contributed by atoms with van der Waals surface area (Å²) in [5.41, 5.74) is 2.30. The Hall–Kier alpha value is -3.61. The first kappa shape index (κ1) is 27.4. The van der Waals surface area contributed by atoms with Crippen LogP contribution in [0.1, 0.15) is 11.1 Å². The average Bonchev–Trinajstić information content (AvgIpc) is 3.38. The number of sulfonamides is 1. The predicted octanol–water partition coefficient (Wildman–Crippen LogP) is 4.99. The lowest BCUT2D eigenvalue weighted by molar-refractivity contribution is -0.114.